The SMILES string of the molecule is CC(C)OCC(=O)CC(=O)O. The molecule has 4 nitrogen and oxygen atoms in total. The molecule has 0 unspecified atom stereocenters. The number of hydrogen-bond acceptors (Lipinski definition) is 3. The number of ether oxygens (including phenoxy) is 1. The Balaban J connectivity index is 3.46. The van der Waals surface area contributed by atoms with Crippen LogP contribution in [0.5, 0.6) is 0 Å². The molecule has 0 heterocycles. The van der Waals surface area contributed by atoms with Gasteiger partial charge in [0.2, 0.25) is 0 Å². The van der Waals surface area contributed by atoms with Crippen molar-refractivity contribution < 1.29 is 19.4 Å². The van der Waals surface area contributed by atoms with E-state index in [4.69, 9.17) is 9.84 Å². The zero-order valence-electron chi connectivity index (χ0n) is 6.66. The first-order valence-electron chi connectivity index (χ1n) is 3.37. The second kappa shape index (κ2) is 4.85. The summed E-state index contributed by atoms with van der Waals surface area (Å²) in [5, 5.41) is 8.17. The minimum absolute atomic E-state index is 0.0345. The Hall–Kier alpha value is -0.900. The molecule has 0 bridgehead atoms. The van der Waals surface area contributed by atoms with Crippen molar-refractivity contribution in [2.24, 2.45) is 0 Å². The molecule has 0 atom stereocenters. The molecule has 0 amide bonds. The number of carbonyl (C=O) groups is 2. The number of Topliss-reactive ketones (excluding diaryl/α,β-unsaturated/α-hetero) is 1. The maximum Gasteiger partial charge on any atom is 0.310 e. The van der Waals surface area contributed by atoms with E-state index in [2.05, 4.69) is 0 Å². The Kier molecular flexibility index (Phi) is 4.45. The Bertz CT molecular complexity index is 151. The fourth-order valence-corrected chi connectivity index (χ4v) is 0.479. The molecular weight excluding hydrogens is 148 g/mol. The van der Waals surface area contributed by atoms with Gasteiger partial charge < -0.3 is 9.84 Å². The third-order valence-electron chi connectivity index (χ3n) is 0.926. The molecule has 0 aromatic rings. The Morgan fingerprint density at radius 3 is 2.36 bits per heavy atom. The van der Waals surface area contributed by atoms with Crippen LogP contribution >= 0.6 is 0 Å². The van der Waals surface area contributed by atoms with E-state index >= 15 is 0 Å². The summed E-state index contributed by atoms with van der Waals surface area (Å²) < 4.78 is 4.89. The summed E-state index contributed by atoms with van der Waals surface area (Å²) in [6, 6.07) is 0. The van der Waals surface area contributed by atoms with Crippen LogP contribution in [0.4, 0.5) is 0 Å². The summed E-state index contributed by atoms with van der Waals surface area (Å²) in [7, 11) is 0. The van der Waals surface area contributed by atoms with Crippen LogP contribution in [0.3, 0.4) is 0 Å². The molecule has 0 saturated carbocycles. The zero-order chi connectivity index (χ0) is 8.85. The number of carboxylic acid groups (broad SMARTS) is 1. The third kappa shape index (κ3) is 6.99. The predicted octanol–water partition coefficient (Wildman–Crippen LogP) is 0.455. The lowest BCUT2D eigenvalue weighted by molar-refractivity contribution is -0.141. The molecule has 0 rings (SSSR count). The molecule has 64 valence electrons. The van der Waals surface area contributed by atoms with Crippen molar-refractivity contribution in [3.63, 3.8) is 0 Å². The normalized spacial score (nSPS) is 10.1. The van der Waals surface area contributed by atoms with Gasteiger partial charge in [0.15, 0.2) is 5.78 Å². The second-order valence-electron chi connectivity index (χ2n) is 2.47. The van der Waals surface area contributed by atoms with Gasteiger partial charge >= 0.3 is 5.97 Å². The third-order valence-corrected chi connectivity index (χ3v) is 0.926. The Morgan fingerprint density at radius 1 is 1.45 bits per heavy atom. The first kappa shape index (κ1) is 10.1. The van der Waals surface area contributed by atoms with Crippen molar-refractivity contribution in [1.82, 2.24) is 0 Å². The Morgan fingerprint density at radius 2 is 2.00 bits per heavy atom. The minimum atomic E-state index is -1.11. The summed E-state index contributed by atoms with van der Waals surface area (Å²) in [4.78, 5) is 20.6. The molecule has 0 fully saturated rings. The van der Waals surface area contributed by atoms with E-state index in [9.17, 15) is 9.59 Å². The van der Waals surface area contributed by atoms with Gasteiger partial charge in [-0.25, -0.2) is 0 Å². The topological polar surface area (TPSA) is 63.6 Å². The molecule has 1 N–H and O–H groups in total. The maximum absolute atomic E-state index is 10.7. The molecule has 0 aromatic heterocycles. The minimum Gasteiger partial charge on any atom is -0.481 e. The highest BCUT2D eigenvalue weighted by molar-refractivity contribution is 5.95. The van der Waals surface area contributed by atoms with Gasteiger partial charge in [-0.1, -0.05) is 0 Å². The van der Waals surface area contributed by atoms with Crippen LogP contribution in [0.2, 0.25) is 0 Å². The van der Waals surface area contributed by atoms with Crippen LogP contribution in [-0.2, 0) is 14.3 Å². The first-order chi connectivity index (χ1) is 5.02. The average molecular weight is 160 g/mol. The average Bonchev–Trinajstić information content (AvgIpc) is 1.82. The Labute approximate surface area is 65.2 Å². The largest absolute Gasteiger partial charge is 0.481 e. The van der Waals surface area contributed by atoms with Gasteiger partial charge in [-0.15, -0.1) is 0 Å². The predicted molar refractivity (Wildman–Crippen MR) is 38.3 cm³/mol. The molecule has 0 aliphatic carbocycles. The van der Waals surface area contributed by atoms with E-state index in [0.29, 0.717) is 0 Å². The summed E-state index contributed by atoms with van der Waals surface area (Å²) >= 11 is 0. The highest BCUT2D eigenvalue weighted by atomic mass is 16.5. The van der Waals surface area contributed by atoms with Crippen molar-refractivity contribution in [2.45, 2.75) is 26.4 Å². The molecule has 0 aliphatic rings. The van der Waals surface area contributed by atoms with Gasteiger partial charge in [0.25, 0.3) is 0 Å². The van der Waals surface area contributed by atoms with Gasteiger partial charge in [-0.2, -0.15) is 0 Å². The van der Waals surface area contributed by atoms with Crippen LogP contribution < -0.4 is 0 Å². The van der Waals surface area contributed by atoms with Gasteiger partial charge in [-0.3, -0.25) is 9.59 Å². The van der Waals surface area contributed by atoms with Crippen LogP contribution in [0.1, 0.15) is 20.3 Å². The lowest BCUT2D eigenvalue weighted by atomic mass is 10.3. The second-order valence-corrected chi connectivity index (χ2v) is 2.47. The van der Waals surface area contributed by atoms with E-state index in [1.807, 2.05) is 0 Å². The molecule has 0 radical (unpaired) electrons. The maximum atomic E-state index is 10.7. The molecule has 0 spiro atoms. The van der Waals surface area contributed by atoms with Gasteiger partial charge in [-0.05, 0) is 13.8 Å². The highest BCUT2D eigenvalue weighted by Gasteiger charge is 2.07. The lowest BCUT2D eigenvalue weighted by Crippen LogP contribution is -2.16. The molecular formula is C7H12O4. The van der Waals surface area contributed by atoms with Gasteiger partial charge in [0.1, 0.15) is 13.0 Å². The van der Waals surface area contributed by atoms with Crippen LogP contribution in [-0.4, -0.2) is 29.6 Å². The van der Waals surface area contributed by atoms with Crippen molar-refractivity contribution in [3.8, 4) is 0 Å². The van der Waals surface area contributed by atoms with Crippen molar-refractivity contribution in [2.75, 3.05) is 6.61 Å². The number of rotatable bonds is 5. The summed E-state index contributed by atoms with van der Waals surface area (Å²) in [6.07, 6.45) is -0.486. The fraction of sp³-hybridized carbons (Fsp3) is 0.714. The molecule has 4 heteroatoms. The van der Waals surface area contributed by atoms with E-state index in [0.717, 1.165) is 0 Å². The standard InChI is InChI=1S/C7H12O4/c1-5(2)11-4-6(8)3-7(9)10/h5H,3-4H2,1-2H3,(H,9,10). The van der Waals surface area contributed by atoms with Crippen LogP contribution in [0.25, 0.3) is 0 Å². The summed E-state index contributed by atoms with van der Waals surface area (Å²) in [6.45, 7) is 3.46. The van der Waals surface area contributed by atoms with Crippen molar-refractivity contribution in [1.29, 1.82) is 0 Å². The van der Waals surface area contributed by atoms with Crippen molar-refractivity contribution >= 4 is 11.8 Å². The van der Waals surface area contributed by atoms with E-state index < -0.39 is 18.2 Å². The van der Waals surface area contributed by atoms with Crippen LogP contribution in [0.15, 0.2) is 0 Å². The molecule has 0 saturated heterocycles. The summed E-state index contributed by atoms with van der Waals surface area (Å²) in [5.74, 6) is -1.51. The summed E-state index contributed by atoms with van der Waals surface area (Å²) in [5.41, 5.74) is 0. The molecule has 11 heavy (non-hydrogen) atoms. The highest BCUT2D eigenvalue weighted by Crippen LogP contribution is 1.90. The zero-order valence-corrected chi connectivity index (χ0v) is 6.66. The van der Waals surface area contributed by atoms with E-state index in [1.54, 1.807) is 13.8 Å². The molecule has 0 aliphatic heterocycles. The number of aliphatic carboxylic acids is 1. The first-order valence-corrected chi connectivity index (χ1v) is 3.37. The van der Waals surface area contributed by atoms with Crippen LogP contribution in [0, 0.1) is 0 Å². The van der Waals surface area contributed by atoms with E-state index in [1.165, 1.54) is 0 Å². The number of hydrogen-bond donors (Lipinski definition) is 1. The number of carbonyl (C=O) groups excluding carboxylic acids is 1. The van der Waals surface area contributed by atoms with Gasteiger partial charge in [0.05, 0.1) is 6.10 Å². The lowest BCUT2D eigenvalue weighted by Gasteiger charge is -2.04. The van der Waals surface area contributed by atoms with Gasteiger partial charge in [0, 0.05) is 0 Å². The number of ketones is 1. The fourth-order valence-electron chi connectivity index (χ4n) is 0.479. The van der Waals surface area contributed by atoms with E-state index in [-0.39, 0.29) is 12.7 Å². The van der Waals surface area contributed by atoms with Crippen molar-refractivity contribution in [3.05, 3.63) is 0 Å². The monoisotopic (exact) mass is 160 g/mol. The quantitative estimate of drug-likeness (QED) is 0.593. The molecule has 0 aromatic carbocycles. The smallest absolute Gasteiger partial charge is 0.310 e. The number of carboxylic acids is 1.